The molecule has 3 rings (SSSR count). The highest BCUT2D eigenvalue weighted by atomic mass is 79.9. The number of benzene rings is 2. The third-order valence-electron chi connectivity index (χ3n) is 5.37. The molecule has 1 aliphatic heterocycles. The average molecular weight is 475 g/mol. The van der Waals surface area contributed by atoms with Gasteiger partial charge >= 0.3 is 0 Å². The predicted octanol–water partition coefficient (Wildman–Crippen LogP) is 3.82. The van der Waals surface area contributed by atoms with Gasteiger partial charge in [0.15, 0.2) is 11.5 Å². The van der Waals surface area contributed by atoms with E-state index in [1.807, 2.05) is 29.2 Å². The van der Waals surface area contributed by atoms with Gasteiger partial charge in [0.05, 0.1) is 14.2 Å². The normalized spacial score (nSPS) is 14.3. The molecular weight excluding hydrogens is 448 g/mol. The highest BCUT2D eigenvalue weighted by Gasteiger charge is 2.24. The van der Waals surface area contributed by atoms with Gasteiger partial charge in [0.25, 0.3) is 5.91 Å². The Morgan fingerprint density at radius 1 is 1.03 bits per heavy atom. The van der Waals surface area contributed by atoms with Gasteiger partial charge in [0.1, 0.15) is 0 Å². The molecule has 0 bridgehead atoms. The molecule has 1 aliphatic rings. The summed E-state index contributed by atoms with van der Waals surface area (Å²) in [6.45, 7) is 1.33. The maximum atomic E-state index is 12.6. The number of ether oxygens (including phenoxy) is 2. The molecule has 0 aliphatic carbocycles. The van der Waals surface area contributed by atoms with Gasteiger partial charge in [0, 0.05) is 35.6 Å². The number of halogens is 1. The lowest BCUT2D eigenvalue weighted by atomic mass is 10.0. The number of hydrogen-bond acceptors (Lipinski definition) is 4. The molecule has 1 saturated heterocycles. The maximum absolute atomic E-state index is 12.6. The number of rotatable bonds is 7. The SMILES string of the molecule is COc1ccc(C(=O)NC2CCN(C(=O)CCc3ccc(Br)cc3)CC2)cc1OC. The molecule has 1 heterocycles. The molecule has 6 nitrogen and oxygen atoms in total. The molecule has 0 unspecified atom stereocenters. The number of piperidine rings is 1. The van der Waals surface area contributed by atoms with E-state index >= 15 is 0 Å². The van der Waals surface area contributed by atoms with Gasteiger partial charge in [-0.05, 0) is 55.2 Å². The summed E-state index contributed by atoms with van der Waals surface area (Å²) in [6, 6.07) is 13.2. The summed E-state index contributed by atoms with van der Waals surface area (Å²) >= 11 is 3.42. The second kappa shape index (κ2) is 10.5. The van der Waals surface area contributed by atoms with Gasteiger partial charge in [0.2, 0.25) is 5.91 Å². The first-order valence-corrected chi connectivity index (χ1v) is 10.8. The summed E-state index contributed by atoms with van der Waals surface area (Å²) < 4.78 is 11.5. The maximum Gasteiger partial charge on any atom is 0.251 e. The largest absolute Gasteiger partial charge is 0.493 e. The fraction of sp³-hybridized carbons (Fsp3) is 0.391. The minimum atomic E-state index is -0.143. The zero-order valence-electron chi connectivity index (χ0n) is 17.3. The lowest BCUT2D eigenvalue weighted by molar-refractivity contribution is -0.132. The van der Waals surface area contributed by atoms with Crippen molar-refractivity contribution in [3.8, 4) is 11.5 Å². The van der Waals surface area contributed by atoms with Crippen LogP contribution in [0.1, 0.15) is 35.2 Å². The Hall–Kier alpha value is -2.54. The fourth-order valence-corrected chi connectivity index (χ4v) is 3.84. The predicted molar refractivity (Wildman–Crippen MR) is 119 cm³/mol. The van der Waals surface area contributed by atoms with Crippen LogP contribution in [0.3, 0.4) is 0 Å². The van der Waals surface area contributed by atoms with Crippen molar-refractivity contribution in [1.82, 2.24) is 10.2 Å². The molecule has 0 saturated carbocycles. The van der Waals surface area contributed by atoms with Crippen LogP contribution in [0.4, 0.5) is 0 Å². The number of methoxy groups -OCH3 is 2. The summed E-state index contributed by atoms with van der Waals surface area (Å²) in [4.78, 5) is 27.0. The molecule has 0 radical (unpaired) electrons. The van der Waals surface area contributed by atoms with Gasteiger partial charge in [-0.1, -0.05) is 28.1 Å². The zero-order valence-corrected chi connectivity index (χ0v) is 18.9. The average Bonchev–Trinajstić information content (AvgIpc) is 2.78. The van der Waals surface area contributed by atoms with Crippen LogP contribution < -0.4 is 14.8 Å². The molecule has 2 aromatic rings. The van der Waals surface area contributed by atoms with Gasteiger partial charge in [-0.2, -0.15) is 0 Å². The Morgan fingerprint density at radius 3 is 2.33 bits per heavy atom. The number of amides is 2. The number of carbonyl (C=O) groups excluding carboxylic acids is 2. The first-order chi connectivity index (χ1) is 14.5. The smallest absolute Gasteiger partial charge is 0.251 e. The molecule has 160 valence electrons. The van der Waals surface area contributed by atoms with Crippen molar-refractivity contribution in [3.63, 3.8) is 0 Å². The number of likely N-dealkylation sites (tertiary alicyclic amines) is 1. The van der Waals surface area contributed by atoms with Crippen LogP contribution >= 0.6 is 15.9 Å². The summed E-state index contributed by atoms with van der Waals surface area (Å²) in [5.74, 6) is 1.14. The second-order valence-corrected chi connectivity index (χ2v) is 8.24. The van der Waals surface area contributed by atoms with Gasteiger partial charge in [-0.25, -0.2) is 0 Å². The molecule has 1 fully saturated rings. The van der Waals surface area contributed by atoms with E-state index in [4.69, 9.17) is 9.47 Å². The molecule has 2 aromatic carbocycles. The van der Waals surface area contributed by atoms with Crippen LogP contribution in [-0.2, 0) is 11.2 Å². The number of aryl methyl sites for hydroxylation is 1. The standard InChI is InChI=1S/C23H27BrN2O4/c1-29-20-9-6-17(15-21(20)30-2)23(28)25-19-11-13-26(14-12-19)22(27)10-5-16-3-7-18(24)8-4-16/h3-4,6-9,15,19H,5,10-14H2,1-2H3,(H,25,28). The molecule has 0 aromatic heterocycles. The lowest BCUT2D eigenvalue weighted by Gasteiger charge is -2.32. The Morgan fingerprint density at radius 2 is 1.70 bits per heavy atom. The van der Waals surface area contributed by atoms with Crippen molar-refractivity contribution in [2.75, 3.05) is 27.3 Å². The van der Waals surface area contributed by atoms with Crippen LogP contribution in [0.25, 0.3) is 0 Å². The second-order valence-electron chi connectivity index (χ2n) is 7.32. The number of nitrogens with zero attached hydrogens (tertiary/aromatic N) is 1. The molecule has 30 heavy (non-hydrogen) atoms. The van der Waals surface area contributed by atoms with Gasteiger partial charge < -0.3 is 19.7 Å². The molecule has 7 heteroatoms. The highest BCUT2D eigenvalue weighted by Crippen LogP contribution is 2.27. The summed E-state index contributed by atoms with van der Waals surface area (Å²) in [7, 11) is 3.11. The summed E-state index contributed by atoms with van der Waals surface area (Å²) in [6.07, 6.45) is 2.75. The van der Waals surface area contributed by atoms with E-state index in [-0.39, 0.29) is 17.9 Å². The summed E-state index contributed by atoms with van der Waals surface area (Å²) in [5, 5.41) is 3.07. The highest BCUT2D eigenvalue weighted by molar-refractivity contribution is 9.10. The van der Waals surface area contributed by atoms with E-state index in [9.17, 15) is 9.59 Å². The fourth-order valence-electron chi connectivity index (χ4n) is 3.58. The van der Waals surface area contributed by atoms with Crippen LogP contribution in [0.5, 0.6) is 11.5 Å². The van der Waals surface area contributed by atoms with Gasteiger partial charge in [-0.3, -0.25) is 9.59 Å². The minimum absolute atomic E-state index is 0.0566. The van der Waals surface area contributed by atoms with E-state index in [2.05, 4.69) is 21.2 Å². The molecule has 0 atom stereocenters. The third-order valence-corrected chi connectivity index (χ3v) is 5.90. The van der Waals surface area contributed by atoms with E-state index in [0.717, 1.165) is 29.3 Å². The van der Waals surface area contributed by atoms with E-state index in [0.29, 0.717) is 36.6 Å². The number of nitrogens with one attached hydrogen (secondary N) is 1. The number of carbonyl (C=O) groups is 2. The monoisotopic (exact) mass is 474 g/mol. The van der Waals surface area contributed by atoms with Crippen LogP contribution in [0.2, 0.25) is 0 Å². The van der Waals surface area contributed by atoms with Crippen LogP contribution in [0, 0.1) is 0 Å². The van der Waals surface area contributed by atoms with E-state index in [1.54, 1.807) is 32.4 Å². The third kappa shape index (κ3) is 5.75. The van der Waals surface area contributed by atoms with Crippen molar-refractivity contribution in [2.45, 2.75) is 31.7 Å². The van der Waals surface area contributed by atoms with Crippen molar-refractivity contribution >= 4 is 27.7 Å². The Bertz CT molecular complexity index is 877. The topological polar surface area (TPSA) is 67.9 Å². The first-order valence-electron chi connectivity index (χ1n) is 10.0. The molecular formula is C23H27BrN2O4. The zero-order chi connectivity index (χ0) is 21.5. The van der Waals surface area contributed by atoms with Crippen molar-refractivity contribution in [3.05, 3.63) is 58.1 Å². The Kier molecular flexibility index (Phi) is 7.74. The van der Waals surface area contributed by atoms with Crippen molar-refractivity contribution in [2.24, 2.45) is 0 Å². The Balaban J connectivity index is 1.46. The molecule has 1 N–H and O–H groups in total. The first kappa shape index (κ1) is 22.2. The molecule has 0 spiro atoms. The number of hydrogen-bond donors (Lipinski definition) is 1. The van der Waals surface area contributed by atoms with Crippen molar-refractivity contribution < 1.29 is 19.1 Å². The van der Waals surface area contributed by atoms with Gasteiger partial charge in [-0.15, -0.1) is 0 Å². The molecule has 2 amide bonds. The van der Waals surface area contributed by atoms with Crippen LogP contribution in [-0.4, -0.2) is 50.1 Å². The van der Waals surface area contributed by atoms with Crippen LogP contribution in [0.15, 0.2) is 46.9 Å². The van der Waals surface area contributed by atoms with Crippen molar-refractivity contribution in [1.29, 1.82) is 0 Å². The van der Waals surface area contributed by atoms with E-state index in [1.165, 1.54) is 0 Å². The Labute approximate surface area is 185 Å². The van der Waals surface area contributed by atoms with E-state index < -0.39 is 0 Å². The minimum Gasteiger partial charge on any atom is -0.493 e. The summed E-state index contributed by atoms with van der Waals surface area (Å²) in [5.41, 5.74) is 1.68. The lowest BCUT2D eigenvalue weighted by Crippen LogP contribution is -2.46. The quantitative estimate of drug-likeness (QED) is 0.662.